The van der Waals surface area contributed by atoms with E-state index in [1.165, 1.54) is 19.2 Å². The normalized spacial score (nSPS) is 10.2. The largest absolute Gasteiger partial charge is 0.497 e. The summed E-state index contributed by atoms with van der Waals surface area (Å²) < 4.78 is 32.0. The summed E-state index contributed by atoms with van der Waals surface area (Å²) in [4.78, 5) is 0.145. The van der Waals surface area contributed by atoms with Crippen molar-refractivity contribution >= 4 is 28.6 Å². The Bertz CT molecular complexity index is 662. The minimum atomic E-state index is -0.968. The van der Waals surface area contributed by atoms with Crippen LogP contribution in [-0.2, 0) is 0 Å². The molecular formula is C14H12F2N2OS. The van der Waals surface area contributed by atoms with E-state index in [9.17, 15) is 8.78 Å². The number of anilines is 2. The van der Waals surface area contributed by atoms with Gasteiger partial charge in [-0.1, -0.05) is 18.3 Å². The van der Waals surface area contributed by atoms with Crippen LogP contribution in [0.2, 0.25) is 0 Å². The number of ether oxygens (including phenoxy) is 1. The van der Waals surface area contributed by atoms with Crippen LogP contribution >= 0.6 is 12.2 Å². The lowest BCUT2D eigenvalue weighted by molar-refractivity contribution is 0.415. The average Bonchev–Trinajstić information content (AvgIpc) is 2.43. The lowest BCUT2D eigenvalue weighted by Crippen LogP contribution is -2.12. The Morgan fingerprint density at radius 2 is 1.95 bits per heavy atom. The summed E-state index contributed by atoms with van der Waals surface area (Å²) in [6.07, 6.45) is 0. The maximum atomic E-state index is 13.7. The molecule has 6 heteroatoms. The van der Waals surface area contributed by atoms with Crippen molar-refractivity contribution in [1.82, 2.24) is 0 Å². The second kappa shape index (κ2) is 5.83. The second-order valence-corrected chi connectivity index (χ2v) is 4.44. The lowest BCUT2D eigenvalue weighted by atomic mass is 10.1. The number of nitrogens with two attached hydrogens (primary N) is 1. The molecule has 0 aliphatic heterocycles. The maximum Gasteiger partial charge on any atom is 0.182 e. The van der Waals surface area contributed by atoms with Gasteiger partial charge in [0.25, 0.3) is 0 Å². The van der Waals surface area contributed by atoms with Gasteiger partial charge in [0.2, 0.25) is 0 Å². The predicted octanol–water partition coefficient (Wildman–Crippen LogP) is 3.35. The van der Waals surface area contributed by atoms with Crippen LogP contribution in [0.5, 0.6) is 5.75 Å². The van der Waals surface area contributed by atoms with E-state index in [-0.39, 0.29) is 10.7 Å². The zero-order chi connectivity index (χ0) is 14.7. The van der Waals surface area contributed by atoms with Gasteiger partial charge in [-0.05, 0) is 24.3 Å². The van der Waals surface area contributed by atoms with Crippen molar-refractivity contribution in [2.45, 2.75) is 0 Å². The molecule has 3 nitrogen and oxygen atoms in total. The van der Waals surface area contributed by atoms with Crippen LogP contribution in [0, 0.1) is 11.6 Å². The second-order valence-electron chi connectivity index (χ2n) is 4.00. The summed E-state index contributed by atoms with van der Waals surface area (Å²) in [5.41, 5.74) is 6.57. The van der Waals surface area contributed by atoms with E-state index in [1.807, 2.05) is 0 Å². The Labute approximate surface area is 120 Å². The maximum absolute atomic E-state index is 13.7. The van der Waals surface area contributed by atoms with Crippen molar-refractivity contribution in [3.8, 4) is 5.75 Å². The van der Waals surface area contributed by atoms with Crippen LogP contribution in [0.1, 0.15) is 5.56 Å². The van der Waals surface area contributed by atoms with Crippen molar-refractivity contribution in [1.29, 1.82) is 0 Å². The van der Waals surface area contributed by atoms with E-state index >= 15 is 0 Å². The van der Waals surface area contributed by atoms with E-state index in [4.69, 9.17) is 22.7 Å². The molecule has 0 saturated heterocycles. The SMILES string of the molecule is COc1ccc(C(N)=S)c(Nc2cccc(F)c2F)c1. The standard InChI is InChI=1S/C14H12F2N2OS/c1-19-8-5-6-9(14(17)20)12(7-8)18-11-4-2-3-10(15)13(11)16/h2-7,18H,1H3,(H2,17,20). The molecule has 0 aromatic heterocycles. The van der Waals surface area contributed by atoms with E-state index in [1.54, 1.807) is 18.2 Å². The quantitative estimate of drug-likeness (QED) is 0.849. The molecule has 0 fully saturated rings. The van der Waals surface area contributed by atoms with Gasteiger partial charge in [0, 0.05) is 11.6 Å². The Kier molecular flexibility index (Phi) is 4.14. The summed E-state index contributed by atoms with van der Waals surface area (Å²) in [7, 11) is 1.50. The summed E-state index contributed by atoms with van der Waals surface area (Å²) >= 11 is 4.93. The molecule has 3 N–H and O–H groups in total. The molecule has 104 valence electrons. The van der Waals surface area contributed by atoms with Crippen LogP contribution in [0.25, 0.3) is 0 Å². The summed E-state index contributed by atoms with van der Waals surface area (Å²) in [6, 6.07) is 8.81. The Hall–Kier alpha value is -2.21. The molecular weight excluding hydrogens is 282 g/mol. The van der Waals surface area contributed by atoms with Crippen LogP contribution in [0.15, 0.2) is 36.4 Å². The topological polar surface area (TPSA) is 47.3 Å². The third kappa shape index (κ3) is 2.85. The van der Waals surface area contributed by atoms with Gasteiger partial charge < -0.3 is 15.8 Å². The van der Waals surface area contributed by atoms with Crippen molar-refractivity contribution in [3.05, 3.63) is 53.6 Å². The molecule has 0 amide bonds. The van der Waals surface area contributed by atoms with Gasteiger partial charge in [0.05, 0.1) is 18.5 Å². The zero-order valence-corrected chi connectivity index (χ0v) is 11.4. The Morgan fingerprint density at radius 1 is 1.20 bits per heavy atom. The number of hydrogen-bond acceptors (Lipinski definition) is 3. The van der Waals surface area contributed by atoms with Gasteiger partial charge in [0.1, 0.15) is 10.7 Å². The van der Waals surface area contributed by atoms with E-state index < -0.39 is 11.6 Å². The van der Waals surface area contributed by atoms with Gasteiger partial charge >= 0.3 is 0 Å². The number of methoxy groups -OCH3 is 1. The zero-order valence-electron chi connectivity index (χ0n) is 10.6. The summed E-state index contributed by atoms with van der Waals surface area (Å²) in [6.45, 7) is 0. The number of rotatable bonds is 4. The Balaban J connectivity index is 2.46. The predicted molar refractivity (Wildman–Crippen MR) is 78.5 cm³/mol. The fraction of sp³-hybridized carbons (Fsp3) is 0.0714. The number of benzene rings is 2. The van der Waals surface area contributed by atoms with Crippen molar-refractivity contribution in [2.24, 2.45) is 5.73 Å². The molecule has 0 radical (unpaired) electrons. The molecule has 20 heavy (non-hydrogen) atoms. The van der Waals surface area contributed by atoms with Crippen molar-refractivity contribution in [2.75, 3.05) is 12.4 Å². The van der Waals surface area contributed by atoms with Crippen LogP contribution in [0.4, 0.5) is 20.2 Å². The molecule has 0 aliphatic carbocycles. The monoisotopic (exact) mass is 294 g/mol. The summed E-state index contributed by atoms with van der Waals surface area (Å²) in [5.74, 6) is -1.36. The molecule has 2 rings (SSSR count). The minimum absolute atomic E-state index is 0.00393. The van der Waals surface area contributed by atoms with Gasteiger partial charge in [0.15, 0.2) is 11.6 Å². The highest BCUT2D eigenvalue weighted by Crippen LogP contribution is 2.27. The van der Waals surface area contributed by atoms with E-state index in [0.29, 0.717) is 17.0 Å². The lowest BCUT2D eigenvalue weighted by Gasteiger charge is -2.13. The van der Waals surface area contributed by atoms with Crippen molar-refractivity contribution in [3.63, 3.8) is 0 Å². The number of halogens is 2. The number of thiocarbonyl (C=S) groups is 1. The fourth-order valence-electron chi connectivity index (χ4n) is 1.71. The smallest absolute Gasteiger partial charge is 0.182 e. The molecule has 0 aliphatic rings. The summed E-state index contributed by atoms with van der Waals surface area (Å²) in [5, 5.41) is 2.78. The molecule has 0 spiro atoms. The first-order chi connectivity index (χ1) is 9.52. The molecule has 2 aromatic rings. The molecule has 0 saturated carbocycles. The van der Waals surface area contributed by atoms with Gasteiger partial charge in [-0.3, -0.25) is 0 Å². The van der Waals surface area contributed by atoms with Gasteiger partial charge in [-0.15, -0.1) is 0 Å². The molecule has 0 heterocycles. The van der Waals surface area contributed by atoms with Crippen LogP contribution in [-0.4, -0.2) is 12.1 Å². The average molecular weight is 294 g/mol. The van der Waals surface area contributed by atoms with Gasteiger partial charge in [-0.2, -0.15) is 0 Å². The van der Waals surface area contributed by atoms with Crippen LogP contribution in [0.3, 0.4) is 0 Å². The van der Waals surface area contributed by atoms with E-state index in [0.717, 1.165) is 6.07 Å². The third-order valence-corrected chi connectivity index (χ3v) is 2.93. The molecule has 0 atom stereocenters. The fourth-order valence-corrected chi connectivity index (χ4v) is 1.89. The Morgan fingerprint density at radius 3 is 2.60 bits per heavy atom. The molecule has 0 bridgehead atoms. The highest BCUT2D eigenvalue weighted by molar-refractivity contribution is 7.80. The van der Waals surface area contributed by atoms with Crippen molar-refractivity contribution < 1.29 is 13.5 Å². The highest BCUT2D eigenvalue weighted by atomic mass is 32.1. The molecule has 0 unspecified atom stereocenters. The van der Waals surface area contributed by atoms with E-state index in [2.05, 4.69) is 5.32 Å². The van der Waals surface area contributed by atoms with Crippen LogP contribution < -0.4 is 15.8 Å². The highest BCUT2D eigenvalue weighted by Gasteiger charge is 2.12. The van der Waals surface area contributed by atoms with Gasteiger partial charge in [-0.25, -0.2) is 8.78 Å². The first kappa shape index (κ1) is 14.2. The third-order valence-electron chi connectivity index (χ3n) is 2.71. The molecule has 2 aromatic carbocycles. The first-order valence-electron chi connectivity index (χ1n) is 5.72. The number of hydrogen-bond donors (Lipinski definition) is 2. The minimum Gasteiger partial charge on any atom is -0.497 e. The first-order valence-corrected chi connectivity index (χ1v) is 6.12. The number of nitrogens with one attached hydrogen (secondary N) is 1.